The zero-order valence-corrected chi connectivity index (χ0v) is 11.2. The molecule has 1 heterocycles. The molecule has 1 aromatic heterocycles. The molecule has 0 radical (unpaired) electrons. The number of hydrogen-bond donors (Lipinski definition) is 1. The zero-order chi connectivity index (χ0) is 15.2. The van der Waals surface area contributed by atoms with Crippen LogP contribution in [0.25, 0.3) is 0 Å². The molecule has 2 aromatic rings. The fraction of sp³-hybridized carbons (Fsp3) is 0.143. The summed E-state index contributed by atoms with van der Waals surface area (Å²) in [6.07, 6.45) is 3.96. The van der Waals surface area contributed by atoms with E-state index in [2.05, 4.69) is 15.3 Å². The van der Waals surface area contributed by atoms with Crippen molar-refractivity contribution < 1.29 is 18.7 Å². The van der Waals surface area contributed by atoms with Crippen LogP contribution in [0.2, 0.25) is 0 Å². The number of anilines is 1. The average molecular weight is 289 g/mol. The van der Waals surface area contributed by atoms with Crippen LogP contribution < -0.4 is 5.32 Å². The first-order valence-electron chi connectivity index (χ1n) is 6.05. The van der Waals surface area contributed by atoms with Gasteiger partial charge in [0.15, 0.2) is 12.3 Å². The number of amides is 1. The molecule has 0 saturated heterocycles. The van der Waals surface area contributed by atoms with E-state index in [1.807, 2.05) is 0 Å². The summed E-state index contributed by atoms with van der Waals surface area (Å²) in [6.45, 7) is 1.19. The van der Waals surface area contributed by atoms with Gasteiger partial charge in [0, 0.05) is 12.4 Å². The summed E-state index contributed by atoms with van der Waals surface area (Å²) < 4.78 is 18.3. The summed E-state index contributed by atoms with van der Waals surface area (Å²) in [7, 11) is 0. The Morgan fingerprint density at radius 3 is 2.81 bits per heavy atom. The molecular weight excluding hydrogens is 277 g/mol. The molecule has 0 fully saturated rings. The number of esters is 1. The van der Waals surface area contributed by atoms with Gasteiger partial charge < -0.3 is 10.1 Å². The summed E-state index contributed by atoms with van der Waals surface area (Å²) in [5.41, 5.74) is 0.757. The van der Waals surface area contributed by atoms with E-state index < -0.39 is 24.3 Å². The highest BCUT2D eigenvalue weighted by Gasteiger charge is 2.12. The number of ether oxygens (including phenoxy) is 1. The van der Waals surface area contributed by atoms with Crippen molar-refractivity contribution in [2.75, 3.05) is 11.9 Å². The third-order valence-electron chi connectivity index (χ3n) is 2.51. The molecule has 0 unspecified atom stereocenters. The van der Waals surface area contributed by atoms with Gasteiger partial charge in [-0.15, -0.1) is 0 Å². The van der Waals surface area contributed by atoms with Crippen molar-refractivity contribution in [3.8, 4) is 0 Å². The molecule has 0 aliphatic heterocycles. The lowest BCUT2D eigenvalue weighted by molar-refractivity contribution is -0.119. The van der Waals surface area contributed by atoms with Gasteiger partial charge in [-0.3, -0.25) is 9.78 Å². The summed E-state index contributed by atoms with van der Waals surface area (Å²) in [5, 5.41) is 2.32. The van der Waals surface area contributed by atoms with Gasteiger partial charge in [-0.05, 0) is 24.6 Å². The quantitative estimate of drug-likeness (QED) is 0.867. The molecule has 7 heteroatoms. The molecule has 0 saturated carbocycles. The van der Waals surface area contributed by atoms with Crippen LogP contribution in [0, 0.1) is 12.7 Å². The highest BCUT2D eigenvalue weighted by Crippen LogP contribution is 2.15. The molecule has 0 aliphatic rings. The molecule has 0 aliphatic carbocycles. The number of carbonyl (C=O) groups is 2. The number of rotatable bonds is 4. The Balaban J connectivity index is 1.89. The number of aryl methyl sites for hydroxylation is 1. The molecule has 21 heavy (non-hydrogen) atoms. The van der Waals surface area contributed by atoms with Crippen molar-refractivity contribution in [1.29, 1.82) is 0 Å². The number of hydrogen-bond acceptors (Lipinski definition) is 5. The van der Waals surface area contributed by atoms with Crippen molar-refractivity contribution in [2.24, 2.45) is 0 Å². The van der Waals surface area contributed by atoms with E-state index in [0.717, 1.165) is 5.56 Å². The lowest BCUT2D eigenvalue weighted by atomic mass is 10.2. The summed E-state index contributed by atoms with van der Waals surface area (Å²) in [4.78, 5) is 30.6. The second-order valence-electron chi connectivity index (χ2n) is 4.20. The summed E-state index contributed by atoms with van der Waals surface area (Å²) in [6, 6.07) is 4.39. The number of halogens is 1. The molecule has 0 bridgehead atoms. The monoisotopic (exact) mass is 289 g/mol. The minimum atomic E-state index is -0.775. The predicted octanol–water partition coefficient (Wildman–Crippen LogP) is 1.72. The number of nitrogens with one attached hydrogen (secondary N) is 1. The first-order valence-corrected chi connectivity index (χ1v) is 6.05. The minimum absolute atomic E-state index is 0.00758. The number of aromatic nitrogens is 2. The van der Waals surface area contributed by atoms with Gasteiger partial charge in [0.05, 0.1) is 11.9 Å². The Bertz CT molecular complexity index is 662. The Labute approximate surface area is 120 Å². The Hall–Kier alpha value is -2.83. The van der Waals surface area contributed by atoms with Gasteiger partial charge in [-0.1, -0.05) is 6.07 Å². The van der Waals surface area contributed by atoms with Gasteiger partial charge in [-0.2, -0.15) is 0 Å². The molecule has 1 N–H and O–H groups in total. The Morgan fingerprint density at radius 1 is 1.33 bits per heavy atom. The van der Waals surface area contributed by atoms with Crippen LogP contribution in [0.4, 0.5) is 10.1 Å². The first kappa shape index (κ1) is 14.6. The lowest BCUT2D eigenvalue weighted by Crippen LogP contribution is -2.21. The van der Waals surface area contributed by atoms with Crippen LogP contribution in [0.3, 0.4) is 0 Å². The summed E-state index contributed by atoms with van der Waals surface area (Å²) in [5.74, 6) is -1.97. The smallest absolute Gasteiger partial charge is 0.359 e. The highest BCUT2D eigenvalue weighted by atomic mass is 19.1. The molecule has 2 rings (SSSR count). The third-order valence-corrected chi connectivity index (χ3v) is 2.51. The van der Waals surface area contributed by atoms with Crippen LogP contribution in [-0.2, 0) is 9.53 Å². The normalized spacial score (nSPS) is 10.0. The van der Waals surface area contributed by atoms with Crippen LogP contribution >= 0.6 is 0 Å². The van der Waals surface area contributed by atoms with Crippen molar-refractivity contribution >= 4 is 17.6 Å². The van der Waals surface area contributed by atoms with Crippen molar-refractivity contribution in [3.63, 3.8) is 0 Å². The van der Waals surface area contributed by atoms with E-state index in [0.29, 0.717) is 0 Å². The molecular formula is C14H12FN3O3. The minimum Gasteiger partial charge on any atom is -0.451 e. The van der Waals surface area contributed by atoms with Crippen molar-refractivity contribution in [2.45, 2.75) is 6.92 Å². The number of nitrogens with zero attached hydrogens (tertiary/aromatic N) is 2. The summed E-state index contributed by atoms with van der Waals surface area (Å²) >= 11 is 0. The van der Waals surface area contributed by atoms with Gasteiger partial charge in [0.2, 0.25) is 0 Å². The predicted molar refractivity (Wildman–Crippen MR) is 72.1 cm³/mol. The van der Waals surface area contributed by atoms with Gasteiger partial charge in [0.25, 0.3) is 5.91 Å². The Kier molecular flexibility index (Phi) is 4.55. The van der Waals surface area contributed by atoms with Crippen LogP contribution in [0.1, 0.15) is 16.1 Å². The van der Waals surface area contributed by atoms with Crippen LogP contribution in [0.5, 0.6) is 0 Å². The van der Waals surface area contributed by atoms with E-state index in [9.17, 15) is 14.0 Å². The topological polar surface area (TPSA) is 81.2 Å². The molecule has 0 spiro atoms. The fourth-order valence-electron chi connectivity index (χ4n) is 1.52. The maximum Gasteiger partial charge on any atom is 0.359 e. The molecule has 1 aromatic carbocycles. The SMILES string of the molecule is Cc1ccc(NC(=O)COC(=O)c2cnccn2)c(F)c1. The van der Waals surface area contributed by atoms with E-state index in [-0.39, 0.29) is 11.4 Å². The van der Waals surface area contributed by atoms with E-state index in [1.165, 1.54) is 30.7 Å². The molecule has 6 nitrogen and oxygen atoms in total. The van der Waals surface area contributed by atoms with Gasteiger partial charge in [-0.25, -0.2) is 14.2 Å². The number of carbonyl (C=O) groups excluding carboxylic acids is 2. The molecule has 108 valence electrons. The average Bonchev–Trinajstić information content (AvgIpc) is 2.48. The second-order valence-corrected chi connectivity index (χ2v) is 4.20. The third kappa shape index (κ3) is 4.07. The highest BCUT2D eigenvalue weighted by molar-refractivity contribution is 5.94. The standard InChI is InChI=1S/C14H12FN3O3/c1-9-2-3-11(10(15)6-9)18-13(19)8-21-14(20)12-7-16-4-5-17-12/h2-7H,8H2,1H3,(H,18,19). The van der Waals surface area contributed by atoms with E-state index >= 15 is 0 Å². The molecule has 1 amide bonds. The van der Waals surface area contributed by atoms with Crippen LogP contribution in [-0.4, -0.2) is 28.5 Å². The first-order chi connectivity index (χ1) is 10.1. The zero-order valence-electron chi connectivity index (χ0n) is 11.2. The largest absolute Gasteiger partial charge is 0.451 e. The number of benzene rings is 1. The van der Waals surface area contributed by atoms with E-state index in [4.69, 9.17) is 4.74 Å². The van der Waals surface area contributed by atoms with Crippen molar-refractivity contribution in [1.82, 2.24) is 9.97 Å². The van der Waals surface area contributed by atoms with E-state index in [1.54, 1.807) is 13.0 Å². The van der Waals surface area contributed by atoms with Gasteiger partial charge >= 0.3 is 5.97 Å². The maximum absolute atomic E-state index is 13.5. The Morgan fingerprint density at radius 2 is 2.14 bits per heavy atom. The van der Waals surface area contributed by atoms with Gasteiger partial charge in [0.1, 0.15) is 5.82 Å². The lowest BCUT2D eigenvalue weighted by Gasteiger charge is -2.07. The van der Waals surface area contributed by atoms with Crippen LogP contribution in [0.15, 0.2) is 36.8 Å². The fourth-order valence-corrected chi connectivity index (χ4v) is 1.52. The molecule has 0 atom stereocenters. The van der Waals surface area contributed by atoms with Crippen molar-refractivity contribution in [3.05, 3.63) is 53.9 Å². The maximum atomic E-state index is 13.5. The second kappa shape index (κ2) is 6.56.